The number of fused-ring (bicyclic) bond motifs is 1. The molecule has 1 aliphatic rings. The Bertz CT molecular complexity index is 519. The first-order chi connectivity index (χ1) is 6.70. The Morgan fingerprint density at radius 1 is 1.36 bits per heavy atom. The first kappa shape index (κ1) is 8.94. The average molecular weight is 185 g/mol. The van der Waals surface area contributed by atoms with Crippen molar-refractivity contribution >= 4 is 13.2 Å². The number of rotatable bonds is 1. The predicted molar refractivity (Wildman–Crippen MR) is 49.8 cm³/mol. The van der Waals surface area contributed by atoms with E-state index in [-0.39, 0.29) is 5.94 Å². The summed E-state index contributed by atoms with van der Waals surface area (Å²) in [5.74, 6) is 0.204. The molecule has 0 saturated carbocycles. The van der Waals surface area contributed by atoms with Crippen molar-refractivity contribution in [2.45, 2.75) is 0 Å². The van der Waals surface area contributed by atoms with Crippen LogP contribution in [-0.2, 0) is 0 Å². The van der Waals surface area contributed by atoms with Crippen LogP contribution in [0.4, 0.5) is 0 Å². The van der Waals surface area contributed by atoms with Gasteiger partial charge in [0.15, 0.2) is 0 Å². The highest BCUT2D eigenvalue weighted by atomic mass is 16.4. The summed E-state index contributed by atoms with van der Waals surface area (Å²) in [6.07, 6.45) is 1.56. The monoisotopic (exact) mass is 185 g/mol. The highest BCUT2D eigenvalue weighted by Gasteiger charge is 2.23. The fourth-order valence-electron chi connectivity index (χ4n) is 1.30. The Hall–Kier alpha value is -1.64. The minimum atomic E-state index is -1.56. The number of nitrogens with zero attached hydrogens (tertiary/aromatic N) is 2. The van der Waals surface area contributed by atoms with Crippen molar-refractivity contribution < 1.29 is 10.0 Å². The molecule has 1 aromatic rings. The Labute approximate surface area is 80.6 Å². The maximum absolute atomic E-state index is 8.88. The lowest BCUT2D eigenvalue weighted by Gasteiger charge is -1.97. The number of nitriles is 1. The molecule has 0 fully saturated rings. The van der Waals surface area contributed by atoms with Crippen LogP contribution in [0.1, 0.15) is 5.56 Å². The molecule has 1 aliphatic heterocycles. The molecular weight excluding hydrogens is 179 g/mol. The Balaban J connectivity index is 2.55. The van der Waals surface area contributed by atoms with Crippen LogP contribution in [0, 0.1) is 17.3 Å². The van der Waals surface area contributed by atoms with Gasteiger partial charge in [0.2, 0.25) is 0 Å². The average Bonchev–Trinajstić information content (AvgIpc) is 2.59. The summed E-state index contributed by atoms with van der Waals surface area (Å²) in [5.41, 5.74) is 0.531. The van der Waals surface area contributed by atoms with E-state index < -0.39 is 7.12 Å². The molecule has 0 aliphatic carbocycles. The summed E-state index contributed by atoms with van der Waals surface area (Å²) in [7, 11) is -1.56. The van der Waals surface area contributed by atoms with E-state index in [1.807, 2.05) is 6.07 Å². The van der Waals surface area contributed by atoms with E-state index in [1.165, 1.54) is 0 Å². The summed E-state index contributed by atoms with van der Waals surface area (Å²) in [6, 6.07) is 6.99. The van der Waals surface area contributed by atoms with Crippen molar-refractivity contribution in [2.24, 2.45) is 4.99 Å². The Morgan fingerprint density at radius 2 is 2.14 bits per heavy atom. The van der Waals surface area contributed by atoms with Gasteiger partial charge < -0.3 is 10.0 Å². The van der Waals surface area contributed by atoms with E-state index in [0.717, 1.165) is 5.22 Å². The molecular formula is C9H6BN2O2. The quantitative estimate of drug-likeness (QED) is 0.523. The van der Waals surface area contributed by atoms with Crippen molar-refractivity contribution in [2.75, 3.05) is 0 Å². The lowest BCUT2D eigenvalue weighted by atomic mass is 9.80. The minimum Gasteiger partial charge on any atom is -0.425 e. The van der Waals surface area contributed by atoms with Crippen molar-refractivity contribution in [3.63, 3.8) is 0 Å². The van der Waals surface area contributed by atoms with E-state index in [2.05, 4.69) is 4.99 Å². The minimum absolute atomic E-state index is 0.204. The molecule has 0 spiro atoms. The van der Waals surface area contributed by atoms with Gasteiger partial charge in [-0.05, 0) is 29.5 Å². The number of hydrogen-bond acceptors (Lipinski definition) is 4. The molecule has 67 valence electrons. The van der Waals surface area contributed by atoms with Gasteiger partial charge in [0.05, 0.1) is 17.0 Å². The summed E-state index contributed by atoms with van der Waals surface area (Å²) >= 11 is 0. The molecule has 2 rings (SSSR count). The van der Waals surface area contributed by atoms with Gasteiger partial charge in [-0.25, -0.2) is 0 Å². The molecule has 1 aromatic carbocycles. The molecule has 0 atom stereocenters. The second-order valence-corrected chi connectivity index (χ2v) is 2.94. The maximum Gasteiger partial charge on any atom is 0.487 e. The second-order valence-electron chi connectivity index (χ2n) is 2.94. The van der Waals surface area contributed by atoms with Gasteiger partial charge in [-0.15, -0.1) is 0 Å². The van der Waals surface area contributed by atoms with Crippen LogP contribution in [0.3, 0.4) is 0 Å². The largest absolute Gasteiger partial charge is 0.487 e. The molecule has 5 heteroatoms. The van der Waals surface area contributed by atoms with E-state index >= 15 is 0 Å². The first-order valence-corrected chi connectivity index (χ1v) is 4.04. The van der Waals surface area contributed by atoms with Crippen molar-refractivity contribution in [3.05, 3.63) is 40.3 Å². The smallest absolute Gasteiger partial charge is 0.425 e. The fourth-order valence-corrected chi connectivity index (χ4v) is 1.30. The van der Waals surface area contributed by atoms with Gasteiger partial charge in [-0.2, -0.15) is 5.26 Å². The lowest BCUT2D eigenvalue weighted by molar-refractivity contribution is 0.412. The summed E-state index contributed by atoms with van der Waals surface area (Å²) in [4.78, 5) is 3.98. The highest BCUT2D eigenvalue weighted by Crippen LogP contribution is 2.06. The van der Waals surface area contributed by atoms with Gasteiger partial charge in [0, 0.05) is 0 Å². The van der Waals surface area contributed by atoms with E-state index in [1.54, 1.807) is 24.3 Å². The van der Waals surface area contributed by atoms with Gasteiger partial charge in [-0.1, -0.05) is 0 Å². The molecule has 0 aromatic heterocycles. The summed E-state index contributed by atoms with van der Waals surface area (Å²) in [6.45, 7) is 0. The zero-order valence-electron chi connectivity index (χ0n) is 7.18. The molecule has 0 amide bonds. The van der Waals surface area contributed by atoms with Crippen LogP contribution in [0.5, 0.6) is 0 Å². The van der Waals surface area contributed by atoms with Crippen molar-refractivity contribution in [3.8, 4) is 6.07 Å². The number of benzene rings is 1. The fraction of sp³-hybridized carbons (Fsp3) is 0. The third-order valence-corrected chi connectivity index (χ3v) is 1.97. The van der Waals surface area contributed by atoms with Crippen LogP contribution in [-0.4, -0.2) is 17.2 Å². The van der Waals surface area contributed by atoms with Crippen molar-refractivity contribution in [1.82, 2.24) is 0 Å². The SMILES string of the molecule is N#Cc1ccc2c(c1)=C[C](B(O)O)N=2. The molecule has 1 heterocycles. The summed E-state index contributed by atoms with van der Waals surface area (Å²) < 4.78 is 0. The van der Waals surface area contributed by atoms with E-state index in [9.17, 15) is 0 Å². The standard InChI is InChI=1S/C9H6BN2O2/c11-5-6-1-2-8-7(3-6)4-9(12-8)10(13)14/h1-4,13-14H. The molecule has 2 N–H and O–H groups in total. The zero-order valence-corrected chi connectivity index (χ0v) is 7.18. The van der Waals surface area contributed by atoms with Gasteiger partial charge >= 0.3 is 7.12 Å². The Kier molecular flexibility index (Phi) is 2.08. The lowest BCUT2D eigenvalue weighted by Crippen LogP contribution is -2.20. The molecule has 0 bridgehead atoms. The van der Waals surface area contributed by atoms with Crippen LogP contribution in [0.2, 0.25) is 0 Å². The third-order valence-electron chi connectivity index (χ3n) is 1.97. The van der Waals surface area contributed by atoms with E-state index in [0.29, 0.717) is 10.9 Å². The summed E-state index contributed by atoms with van der Waals surface area (Å²) in [5, 5.41) is 27.8. The molecule has 0 saturated heterocycles. The molecule has 0 unspecified atom stereocenters. The van der Waals surface area contributed by atoms with Gasteiger partial charge in [0.25, 0.3) is 0 Å². The highest BCUT2D eigenvalue weighted by molar-refractivity contribution is 6.51. The topological polar surface area (TPSA) is 76.6 Å². The van der Waals surface area contributed by atoms with Gasteiger partial charge in [-0.3, -0.25) is 4.99 Å². The first-order valence-electron chi connectivity index (χ1n) is 4.04. The van der Waals surface area contributed by atoms with Gasteiger partial charge in [0.1, 0.15) is 5.94 Å². The van der Waals surface area contributed by atoms with E-state index in [4.69, 9.17) is 15.3 Å². The van der Waals surface area contributed by atoms with Crippen LogP contribution in [0.25, 0.3) is 6.08 Å². The van der Waals surface area contributed by atoms with Crippen LogP contribution < -0.4 is 10.6 Å². The number of hydrogen-bond donors (Lipinski definition) is 2. The van der Waals surface area contributed by atoms with Crippen LogP contribution in [0.15, 0.2) is 23.2 Å². The molecule has 14 heavy (non-hydrogen) atoms. The maximum atomic E-state index is 8.88. The van der Waals surface area contributed by atoms with Crippen LogP contribution >= 0.6 is 0 Å². The second kappa shape index (κ2) is 3.26. The zero-order chi connectivity index (χ0) is 10.1. The molecule has 1 radical (unpaired) electrons. The normalized spacial score (nSPS) is 13.8. The third kappa shape index (κ3) is 1.41. The Morgan fingerprint density at radius 3 is 2.79 bits per heavy atom. The van der Waals surface area contributed by atoms with Crippen molar-refractivity contribution in [1.29, 1.82) is 5.26 Å². The predicted octanol–water partition coefficient (Wildman–Crippen LogP) is -1.48. The molecule has 4 nitrogen and oxygen atoms in total.